The Morgan fingerprint density at radius 1 is 1.41 bits per heavy atom. The molecule has 6 heteroatoms. The highest BCUT2D eigenvalue weighted by atomic mass is 32.2. The molecule has 2 N–H and O–H groups in total. The molecule has 4 nitrogen and oxygen atoms in total. The monoisotopic (exact) mass is 276 g/mol. The second-order valence-electron chi connectivity index (χ2n) is 4.06. The highest BCUT2D eigenvalue weighted by Crippen LogP contribution is 2.21. The Labute approximate surface area is 107 Å². The summed E-state index contributed by atoms with van der Waals surface area (Å²) in [4.78, 5) is 1.02. The first kappa shape index (κ1) is 14.6. The molecule has 1 atom stereocenters. The molecule has 0 aliphatic carbocycles. The van der Waals surface area contributed by atoms with E-state index in [2.05, 4.69) is 10.0 Å². The van der Waals surface area contributed by atoms with Gasteiger partial charge in [0, 0.05) is 17.5 Å². The van der Waals surface area contributed by atoms with Crippen molar-refractivity contribution in [2.75, 3.05) is 7.05 Å². The first-order valence-electron chi connectivity index (χ1n) is 5.75. The van der Waals surface area contributed by atoms with E-state index in [1.54, 1.807) is 6.07 Å². The maximum atomic E-state index is 12.0. The summed E-state index contributed by atoms with van der Waals surface area (Å²) in [6.45, 7) is 4.63. The molecule has 0 aromatic carbocycles. The van der Waals surface area contributed by atoms with Crippen molar-refractivity contribution in [2.24, 2.45) is 0 Å². The van der Waals surface area contributed by atoms with Crippen LogP contribution in [0.5, 0.6) is 0 Å². The van der Waals surface area contributed by atoms with E-state index in [1.807, 2.05) is 27.0 Å². The van der Waals surface area contributed by atoms with Gasteiger partial charge in [0.1, 0.15) is 4.21 Å². The summed E-state index contributed by atoms with van der Waals surface area (Å²) in [6.07, 6.45) is 1.83. The fourth-order valence-corrected chi connectivity index (χ4v) is 4.25. The van der Waals surface area contributed by atoms with Gasteiger partial charge in [0.25, 0.3) is 0 Å². The fraction of sp³-hybridized carbons (Fsp3) is 0.636. The topological polar surface area (TPSA) is 58.2 Å². The lowest BCUT2D eigenvalue weighted by Crippen LogP contribution is -2.31. The van der Waals surface area contributed by atoms with Gasteiger partial charge in [0.15, 0.2) is 0 Å². The Bertz CT molecular complexity index is 440. The van der Waals surface area contributed by atoms with Crippen molar-refractivity contribution in [3.63, 3.8) is 0 Å². The van der Waals surface area contributed by atoms with Crippen LogP contribution in [0.1, 0.15) is 31.6 Å². The van der Waals surface area contributed by atoms with Crippen molar-refractivity contribution >= 4 is 21.4 Å². The van der Waals surface area contributed by atoms with E-state index in [1.165, 1.54) is 11.3 Å². The van der Waals surface area contributed by atoms with Crippen molar-refractivity contribution in [3.05, 3.63) is 17.0 Å². The van der Waals surface area contributed by atoms with Crippen molar-refractivity contribution < 1.29 is 8.42 Å². The largest absolute Gasteiger partial charge is 0.315 e. The molecule has 0 saturated heterocycles. The Morgan fingerprint density at radius 2 is 2.12 bits per heavy atom. The molecule has 0 aliphatic heterocycles. The minimum Gasteiger partial charge on any atom is -0.315 e. The molecule has 0 spiro atoms. The Hall–Kier alpha value is -0.430. The molecule has 0 bridgehead atoms. The van der Waals surface area contributed by atoms with Crippen molar-refractivity contribution in [2.45, 2.75) is 43.5 Å². The minimum absolute atomic E-state index is 0.0140. The van der Waals surface area contributed by atoms with Crippen LogP contribution in [0.25, 0.3) is 0 Å². The number of rotatable bonds is 7. The molecule has 98 valence electrons. The third-order valence-electron chi connectivity index (χ3n) is 2.33. The van der Waals surface area contributed by atoms with Crippen molar-refractivity contribution in [3.8, 4) is 0 Å². The van der Waals surface area contributed by atoms with Crippen LogP contribution in [0, 0.1) is 0 Å². The van der Waals surface area contributed by atoms with Gasteiger partial charge in [-0.25, -0.2) is 13.1 Å². The highest BCUT2D eigenvalue weighted by Gasteiger charge is 2.18. The molecular weight excluding hydrogens is 256 g/mol. The number of nitrogens with one attached hydrogen (secondary N) is 2. The van der Waals surface area contributed by atoms with E-state index < -0.39 is 10.0 Å². The standard InChI is InChI=1S/C11H20N2O2S2/c1-4-5-9(2)13-17(14,15)11-7-6-10(16-11)8-12-3/h6-7,9,12-13H,4-5,8H2,1-3H3. The van der Waals surface area contributed by atoms with E-state index in [9.17, 15) is 8.42 Å². The van der Waals surface area contributed by atoms with E-state index >= 15 is 0 Å². The summed E-state index contributed by atoms with van der Waals surface area (Å²) in [5.74, 6) is 0. The second-order valence-corrected chi connectivity index (χ2v) is 7.17. The zero-order valence-corrected chi connectivity index (χ0v) is 12.1. The van der Waals surface area contributed by atoms with E-state index in [0.717, 1.165) is 17.7 Å². The van der Waals surface area contributed by atoms with Crippen LogP contribution in [0.15, 0.2) is 16.3 Å². The van der Waals surface area contributed by atoms with Crippen molar-refractivity contribution in [1.82, 2.24) is 10.0 Å². The lowest BCUT2D eigenvalue weighted by molar-refractivity contribution is 0.545. The van der Waals surface area contributed by atoms with Crippen LogP contribution in [0.4, 0.5) is 0 Å². The van der Waals surface area contributed by atoms with E-state index in [-0.39, 0.29) is 6.04 Å². The smallest absolute Gasteiger partial charge is 0.250 e. The number of thiophene rings is 1. The first-order chi connectivity index (χ1) is 7.99. The van der Waals surface area contributed by atoms with Gasteiger partial charge in [-0.15, -0.1) is 11.3 Å². The maximum absolute atomic E-state index is 12.0. The third-order valence-corrected chi connectivity index (χ3v) is 5.50. The normalized spacial score (nSPS) is 13.8. The summed E-state index contributed by atoms with van der Waals surface area (Å²) < 4.78 is 27.1. The van der Waals surface area contributed by atoms with Crippen molar-refractivity contribution in [1.29, 1.82) is 0 Å². The predicted octanol–water partition coefficient (Wildman–Crippen LogP) is 1.93. The highest BCUT2D eigenvalue weighted by molar-refractivity contribution is 7.91. The summed E-state index contributed by atoms with van der Waals surface area (Å²) >= 11 is 1.31. The van der Waals surface area contributed by atoms with Gasteiger partial charge in [0.05, 0.1) is 0 Å². The maximum Gasteiger partial charge on any atom is 0.250 e. The molecule has 1 aromatic heterocycles. The average Bonchev–Trinajstić information content (AvgIpc) is 2.67. The van der Waals surface area contributed by atoms with Crippen LogP contribution in [-0.2, 0) is 16.6 Å². The van der Waals surface area contributed by atoms with Gasteiger partial charge >= 0.3 is 0 Å². The van der Waals surface area contributed by atoms with Crippen LogP contribution < -0.4 is 10.0 Å². The van der Waals surface area contributed by atoms with Crippen LogP contribution in [0.2, 0.25) is 0 Å². The summed E-state index contributed by atoms with van der Waals surface area (Å²) in [5.41, 5.74) is 0. The van der Waals surface area contributed by atoms with Crippen LogP contribution in [0.3, 0.4) is 0 Å². The number of hydrogen-bond acceptors (Lipinski definition) is 4. The molecule has 0 saturated carbocycles. The first-order valence-corrected chi connectivity index (χ1v) is 8.05. The Kier molecular flexibility index (Phi) is 5.58. The molecule has 17 heavy (non-hydrogen) atoms. The van der Waals surface area contributed by atoms with E-state index in [4.69, 9.17) is 0 Å². The van der Waals surface area contributed by atoms with Gasteiger partial charge in [0.2, 0.25) is 10.0 Å². The molecule has 0 radical (unpaired) electrons. The number of sulfonamides is 1. The average molecular weight is 276 g/mol. The SMILES string of the molecule is CCCC(C)NS(=O)(=O)c1ccc(CNC)s1. The number of hydrogen-bond donors (Lipinski definition) is 2. The van der Waals surface area contributed by atoms with Crippen LogP contribution >= 0.6 is 11.3 Å². The molecule has 1 aromatic rings. The second kappa shape index (κ2) is 6.49. The zero-order chi connectivity index (χ0) is 12.9. The molecule has 1 heterocycles. The summed E-state index contributed by atoms with van der Waals surface area (Å²) in [6, 6.07) is 3.50. The van der Waals surface area contributed by atoms with Gasteiger partial charge in [-0.1, -0.05) is 13.3 Å². The van der Waals surface area contributed by atoms with Gasteiger partial charge < -0.3 is 5.32 Å². The predicted molar refractivity (Wildman–Crippen MR) is 71.8 cm³/mol. The molecular formula is C11H20N2O2S2. The van der Waals surface area contributed by atoms with Crippen LogP contribution in [-0.4, -0.2) is 21.5 Å². The van der Waals surface area contributed by atoms with Gasteiger partial charge in [-0.3, -0.25) is 0 Å². The quantitative estimate of drug-likeness (QED) is 0.800. The third kappa shape index (κ3) is 4.39. The van der Waals surface area contributed by atoms with Gasteiger partial charge in [-0.2, -0.15) is 0 Å². The lowest BCUT2D eigenvalue weighted by atomic mass is 10.2. The zero-order valence-electron chi connectivity index (χ0n) is 10.5. The molecule has 1 rings (SSSR count). The minimum atomic E-state index is -3.34. The fourth-order valence-electron chi connectivity index (χ4n) is 1.59. The molecule has 0 amide bonds. The molecule has 0 aliphatic rings. The Morgan fingerprint density at radius 3 is 2.71 bits per heavy atom. The molecule has 1 unspecified atom stereocenters. The lowest BCUT2D eigenvalue weighted by Gasteiger charge is -2.11. The summed E-state index contributed by atoms with van der Waals surface area (Å²) in [5, 5.41) is 3.01. The summed E-state index contributed by atoms with van der Waals surface area (Å²) in [7, 11) is -1.50. The Balaban J connectivity index is 2.75. The van der Waals surface area contributed by atoms with E-state index in [0.29, 0.717) is 10.8 Å². The molecule has 0 fully saturated rings. The van der Waals surface area contributed by atoms with Gasteiger partial charge in [-0.05, 0) is 32.5 Å².